The van der Waals surface area contributed by atoms with E-state index in [9.17, 15) is 0 Å². The third-order valence-corrected chi connectivity index (χ3v) is 1.75. The molecule has 0 unspecified atom stereocenters. The highest BCUT2D eigenvalue weighted by Crippen LogP contribution is 2.10. The number of nitrogens with zero attached hydrogens (tertiary/aromatic N) is 1. The molecule has 0 radical (unpaired) electrons. The van der Waals surface area contributed by atoms with E-state index in [-0.39, 0.29) is 6.04 Å². The summed E-state index contributed by atoms with van der Waals surface area (Å²) in [5.74, 6) is 0.539. The topological polar surface area (TPSA) is 38.4 Å². The van der Waals surface area contributed by atoms with Gasteiger partial charge in [-0.25, -0.2) is 0 Å². The first kappa shape index (κ1) is 10.1. The van der Waals surface area contributed by atoms with Gasteiger partial charge < -0.3 is 5.73 Å². The molecule has 3 heteroatoms. The Morgan fingerprint density at radius 3 is 2.69 bits per heavy atom. The van der Waals surface area contributed by atoms with Crippen LogP contribution >= 0.6 is 11.6 Å². The Balaban J connectivity index is 2.95. The third kappa shape index (κ3) is 3.07. The standard InChI is InChI=1S/C10H13ClN2/c1-7(2)13-10(12)8-4-3-5-9(11)6-8/h3-7H,1-2H3,(H2,12,13). The molecule has 2 N–H and O–H groups in total. The van der Waals surface area contributed by atoms with E-state index in [1.807, 2.05) is 38.1 Å². The van der Waals surface area contributed by atoms with Crippen LogP contribution in [0.15, 0.2) is 29.3 Å². The maximum absolute atomic E-state index is 5.81. The lowest BCUT2D eigenvalue weighted by Crippen LogP contribution is -2.15. The zero-order valence-corrected chi connectivity index (χ0v) is 8.55. The Hall–Kier alpha value is -1.02. The molecule has 0 fully saturated rings. The van der Waals surface area contributed by atoms with E-state index in [1.54, 1.807) is 0 Å². The Morgan fingerprint density at radius 1 is 1.46 bits per heavy atom. The minimum atomic E-state index is 0.207. The highest BCUT2D eigenvalue weighted by Gasteiger charge is 1.99. The van der Waals surface area contributed by atoms with E-state index in [4.69, 9.17) is 17.3 Å². The number of benzene rings is 1. The van der Waals surface area contributed by atoms with Gasteiger partial charge in [-0.1, -0.05) is 23.7 Å². The molecule has 1 rings (SSSR count). The molecular formula is C10H13ClN2. The molecule has 13 heavy (non-hydrogen) atoms. The average Bonchev–Trinajstić information content (AvgIpc) is 2.03. The molecule has 0 saturated heterocycles. The molecule has 1 aromatic rings. The lowest BCUT2D eigenvalue weighted by Gasteiger charge is -2.03. The molecule has 0 aliphatic carbocycles. The molecule has 70 valence electrons. The van der Waals surface area contributed by atoms with Crippen molar-refractivity contribution in [1.82, 2.24) is 0 Å². The first-order valence-corrected chi connectivity index (χ1v) is 4.56. The van der Waals surface area contributed by atoms with Gasteiger partial charge in [0.05, 0.1) is 0 Å². The fourth-order valence-electron chi connectivity index (χ4n) is 1.00. The van der Waals surface area contributed by atoms with Crippen molar-refractivity contribution in [3.8, 4) is 0 Å². The number of rotatable bonds is 2. The molecular weight excluding hydrogens is 184 g/mol. The summed E-state index contributed by atoms with van der Waals surface area (Å²) < 4.78 is 0. The predicted molar refractivity (Wildman–Crippen MR) is 57.3 cm³/mol. The van der Waals surface area contributed by atoms with Crippen LogP contribution in [0.1, 0.15) is 19.4 Å². The van der Waals surface area contributed by atoms with E-state index in [0.717, 1.165) is 5.56 Å². The van der Waals surface area contributed by atoms with Crippen LogP contribution in [0, 0.1) is 0 Å². The number of amidine groups is 1. The second-order valence-electron chi connectivity index (χ2n) is 3.12. The van der Waals surface area contributed by atoms with Crippen molar-refractivity contribution < 1.29 is 0 Å². The molecule has 0 aromatic heterocycles. The van der Waals surface area contributed by atoms with Crippen molar-refractivity contribution in [2.75, 3.05) is 0 Å². The highest BCUT2D eigenvalue weighted by molar-refractivity contribution is 6.31. The van der Waals surface area contributed by atoms with Crippen molar-refractivity contribution in [3.63, 3.8) is 0 Å². The zero-order chi connectivity index (χ0) is 9.84. The maximum atomic E-state index is 5.81. The molecule has 0 heterocycles. The number of halogens is 1. The normalized spacial score (nSPS) is 12.2. The molecule has 0 bridgehead atoms. The fourth-order valence-corrected chi connectivity index (χ4v) is 1.19. The van der Waals surface area contributed by atoms with Crippen molar-refractivity contribution in [2.45, 2.75) is 19.9 Å². The summed E-state index contributed by atoms with van der Waals surface area (Å²) in [6, 6.07) is 7.59. The van der Waals surface area contributed by atoms with Gasteiger partial charge in [-0.2, -0.15) is 0 Å². The number of hydrogen-bond acceptors (Lipinski definition) is 1. The van der Waals surface area contributed by atoms with Crippen LogP contribution in [0.5, 0.6) is 0 Å². The van der Waals surface area contributed by atoms with Gasteiger partial charge in [-0.15, -0.1) is 0 Å². The Morgan fingerprint density at radius 2 is 2.15 bits per heavy atom. The van der Waals surface area contributed by atoms with Gasteiger partial charge in [0, 0.05) is 16.6 Å². The summed E-state index contributed by atoms with van der Waals surface area (Å²) in [5, 5.41) is 0.680. The average molecular weight is 197 g/mol. The Bertz CT molecular complexity index is 318. The van der Waals surface area contributed by atoms with Crippen LogP contribution < -0.4 is 5.73 Å². The van der Waals surface area contributed by atoms with Gasteiger partial charge in [0.1, 0.15) is 5.84 Å². The van der Waals surface area contributed by atoms with E-state index in [0.29, 0.717) is 10.9 Å². The van der Waals surface area contributed by atoms with Crippen LogP contribution in [0.2, 0.25) is 5.02 Å². The first-order valence-electron chi connectivity index (χ1n) is 4.19. The lowest BCUT2D eigenvalue weighted by molar-refractivity contribution is 0.834. The largest absolute Gasteiger partial charge is 0.383 e. The van der Waals surface area contributed by atoms with E-state index in [1.165, 1.54) is 0 Å². The predicted octanol–water partition coefficient (Wildman–Crippen LogP) is 2.45. The summed E-state index contributed by atoms with van der Waals surface area (Å²) in [6.07, 6.45) is 0. The molecule has 2 nitrogen and oxygen atoms in total. The van der Waals surface area contributed by atoms with Gasteiger partial charge in [0.2, 0.25) is 0 Å². The zero-order valence-electron chi connectivity index (χ0n) is 7.79. The summed E-state index contributed by atoms with van der Waals surface area (Å²) in [4.78, 5) is 4.22. The minimum Gasteiger partial charge on any atom is -0.383 e. The molecule has 0 saturated carbocycles. The maximum Gasteiger partial charge on any atom is 0.125 e. The summed E-state index contributed by atoms with van der Waals surface area (Å²) in [7, 11) is 0. The van der Waals surface area contributed by atoms with E-state index >= 15 is 0 Å². The van der Waals surface area contributed by atoms with Gasteiger partial charge in [-0.05, 0) is 26.0 Å². The van der Waals surface area contributed by atoms with Gasteiger partial charge in [-0.3, -0.25) is 4.99 Å². The smallest absolute Gasteiger partial charge is 0.125 e. The lowest BCUT2D eigenvalue weighted by atomic mass is 10.2. The van der Waals surface area contributed by atoms with Crippen molar-refractivity contribution in [2.24, 2.45) is 10.7 Å². The van der Waals surface area contributed by atoms with Crippen LogP contribution in [-0.4, -0.2) is 11.9 Å². The van der Waals surface area contributed by atoms with Crippen LogP contribution in [0.25, 0.3) is 0 Å². The molecule has 0 atom stereocenters. The minimum absolute atomic E-state index is 0.207. The number of hydrogen-bond donors (Lipinski definition) is 1. The third-order valence-electron chi connectivity index (χ3n) is 1.52. The second kappa shape index (κ2) is 4.28. The van der Waals surface area contributed by atoms with E-state index in [2.05, 4.69) is 4.99 Å². The van der Waals surface area contributed by atoms with Gasteiger partial charge in [0.15, 0.2) is 0 Å². The second-order valence-corrected chi connectivity index (χ2v) is 3.55. The highest BCUT2D eigenvalue weighted by atomic mass is 35.5. The van der Waals surface area contributed by atoms with Crippen LogP contribution in [0.4, 0.5) is 0 Å². The number of aliphatic imine (C=N–C) groups is 1. The Kier molecular flexibility index (Phi) is 3.32. The quantitative estimate of drug-likeness (QED) is 0.573. The molecule has 0 aliphatic rings. The van der Waals surface area contributed by atoms with Crippen molar-refractivity contribution >= 4 is 17.4 Å². The molecule has 0 spiro atoms. The monoisotopic (exact) mass is 196 g/mol. The first-order chi connectivity index (χ1) is 6.09. The van der Waals surface area contributed by atoms with Crippen LogP contribution in [0.3, 0.4) is 0 Å². The van der Waals surface area contributed by atoms with Gasteiger partial charge in [0.25, 0.3) is 0 Å². The Labute approximate surface area is 83.4 Å². The molecule has 0 amide bonds. The van der Waals surface area contributed by atoms with E-state index < -0.39 is 0 Å². The van der Waals surface area contributed by atoms with Crippen LogP contribution in [-0.2, 0) is 0 Å². The summed E-state index contributed by atoms with van der Waals surface area (Å²) in [5.41, 5.74) is 6.63. The number of nitrogens with two attached hydrogens (primary N) is 1. The fraction of sp³-hybridized carbons (Fsp3) is 0.300. The van der Waals surface area contributed by atoms with Crippen molar-refractivity contribution in [3.05, 3.63) is 34.9 Å². The summed E-state index contributed by atoms with van der Waals surface area (Å²) in [6.45, 7) is 3.97. The summed E-state index contributed by atoms with van der Waals surface area (Å²) >= 11 is 5.81. The molecule has 1 aromatic carbocycles. The molecule has 0 aliphatic heterocycles. The SMILES string of the molecule is CC(C)N=C(N)c1cccc(Cl)c1. The van der Waals surface area contributed by atoms with Gasteiger partial charge >= 0.3 is 0 Å². The van der Waals surface area contributed by atoms with Crippen molar-refractivity contribution in [1.29, 1.82) is 0 Å².